The Bertz CT molecular complexity index is 373. The maximum absolute atomic E-state index is 8.97. The predicted octanol–water partition coefficient (Wildman–Crippen LogP) is 2.21. The van der Waals surface area contributed by atoms with E-state index < -0.39 is 0 Å². The van der Waals surface area contributed by atoms with E-state index in [0.717, 1.165) is 24.5 Å². The molecule has 0 aromatic heterocycles. The molecule has 3 nitrogen and oxygen atoms in total. The number of rotatable bonds is 6. The molecule has 1 aliphatic rings. The Labute approximate surface area is 113 Å². The summed E-state index contributed by atoms with van der Waals surface area (Å²) in [6.45, 7) is 4.12. The zero-order valence-electron chi connectivity index (χ0n) is 10.8. The Balaban J connectivity index is 2.13. The summed E-state index contributed by atoms with van der Waals surface area (Å²) < 4.78 is 5.80. The molecule has 18 heavy (non-hydrogen) atoms. The third-order valence-electron chi connectivity index (χ3n) is 3.07. The maximum Gasteiger partial charge on any atom is 0.124 e. The zero-order valence-corrected chi connectivity index (χ0v) is 11.6. The van der Waals surface area contributed by atoms with Crippen molar-refractivity contribution in [1.82, 2.24) is 5.32 Å². The first-order valence-electron chi connectivity index (χ1n) is 6.54. The number of ether oxygens (including phenoxy) is 1. The molecule has 2 atom stereocenters. The normalized spacial score (nSPS) is 22.3. The van der Waals surface area contributed by atoms with Gasteiger partial charge in [0, 0.05) is 11.3 Å². The van der Waals surface area contributed by atoms with E-state index in [0.29, 0.717) is 17.9 Å². The molecule has 0 bridgehead atoms. The predicted molar refractivity (Wildman–Crippen MR) is 76.3 cm³/mol. The lowest BCUT2D eigenvalue weighted by molar-refractivity contribution is 0.260. The van der Waals surface area contributed by atoms with Crippen LogP contribution in [-0.2, 0) is 0 Å². The van der Waals surface area contributed by atoms with Crippen LogP contribution >= 0.6 is 11.8 Å². The van der Waals surface area contributed by atoms with Crippen LogP contribution in [0.1, 0.15) is 24.9 Å². The van der Waals surface area contributed by atoms with Gasteiger partial charge in [-0.05, 0) is 19.0 Å². The van der Waals surface area contributed by atoms with Gasteiger partial charge in [-0.3, -0.25) is 0 Å². The fourth-order valence-electron chi connectivity index (χ4n) is 2.23. The molecule has 0 fully saturated rings. The van der Waals surface area contributed by atoms with Crippen LogP contribution in [0.5, 0.6) is 5.75 Å². The quantitative estimate of drug-likeness (QED) is 0.829. The van der Waals surface area contributed by atoms with Crippen molar-refractivity contribution in [3.63, 3.8) is 0 Å². The standard InChI is InChI=1S/C14H21NO2S/c1-2-7-15-14-11-5-3-4-6-12(11)17-10-13(14)18-9-8-16/h3-6,13-16H,2,7-10H2,1H3. The number of hydrogen-bond donors (Lipinski definition) is 2. The fraction of sp³-hybridized carbons (Fsp3) is 0.571. The van der Waals surface area contributed by atoms with Gasteiger partial charge in [-0.2, -0.15) is 11.8 Å². The van der Waals surface area contributed by atoms with Crippen molar-refractivity contribution >= 4 is 11.8 Å². The van der Waals surface area contributed by atoms with Crippen molar-refractivity contribution in [3.05, 3.63) is 29.8 Å². The summed E-state index contributed by atoms with van der Waals surface area (Å²) in [5, 5.41) is 13.0. The van der Waals surface area contributed by atoms with Crippen LogP contribution in [0.3, 0.4) is 0 Å². The summed E-state index contributed by atoms with van der Waals surface area (Å²) in [5.74, 6) is 1.76. The molecule has 1 aromatic carbocycles. The minimum atomic E-state index is 0.226. The Hall–Kier alpha value is -0.710. The lowest BCUT2D eigenvalue weighted by Gasteiger charge is -2.34. The molecule has 0 saturated heterocycles. The van der Waals surface area contributed by atoms with Gasteiger partial charge in [-0.25, -0.2) is 0 Å². The topological polar surface area (TPSA) is 41.5 Å². The highest BCUT2D eigenvalue weighted by atomic mass is 32.2. The van der Waals surface area contributed by atoms with Gasteiger partial charge in [0.15, 0.2) is 0 Å². The number of fused-ring (bicyclic) bond motifs is 1. The summed E-state index contributed by atoms with van der Waals surface area (Å²) >= 11 is 1.78. The van der Waals surface area contributed by atoms with Gasteiger partial charge < -0.3 is 15.2 Å². The Morgan fingerprint density at radius 2 is 2.28 bits per heavy atom. The number of para-hydroxylation sites is 1. The van der Waals surface area contributed by atoms with E-state index in [9.17, 15) is 0 Å². The highest BCUT2D eigenvalue weighted by molar-refractivity contribution is 8.00. The molecule has 2 rings (SSSR count). The molecule has 0 aliphatic carbocycles. The number of aliphatic hydroxyl groups is 1. The van der Waals surface area contributed by atoms with E-state index in [1.807, 2.05) is 12.1 Å². The van der Waals surface area contributed by atoms with E-state index in [1.165, 1.54) is 5.56 Å². The lowest BCUT2D eigenvalue weighted by atomic mass is 10.00. The van der Waals surface area contributed by atoms with Gasteiger partial charge >= 0.3 is 0 Å². The molecule has 1 heterocycles. The van der Waals surface area contributed by atoms with Crippen molar-refractivity contribution in [2.75, 3.05) is 25.5 Å². The first-order valence-corrected chi connectivity index (χ1v) is 7.59. The van der Waals surface area contributed by atoms with Gasteiger partial charge in [-0.1, -0.05) is 25.1 Å². The maximum atomic E-state index is 8.97. The highest BCUT2D eigenvalue weighted by Crippen LogP contribution is 2.37. The number of benzene rings is 1. The van der Waals surface area contributed by atoms with Crippen LogP contribution in [-0.4, -0.2) is 35.9 Å². The van der Waals surface area contributed by atoms with Crippen molar-refractivity contribution in [2.45, 2.75) is 24.6 Å². The summed E-state index contributed by atoms with van der Waals surface area (Å²) in [4.78, 5) is 0. The van der Waals surface area contributed by atoms with Crippen LogP contribution in [0.25, 0.3) is 0 Å². The van der Waals surface area contributed by atoms with E-state index >= 15 is 0 Å². The minimum absolute atomic E-state index is 0.226. The largest absolute Gasteiger partial charge is 0.492 e. The summed E-state index contributed by atoms with van der Waals surface area (Å²) in [6, 6.07) is 8.56. The summed E-state index contributed by atoms with van der Waals surface area (Å²) in [6.07, 6.45) is 1.12. The average molecular weight is 267 g/mol. The Morgan fingerprint density at radius 3 is 3.06 bits per heavy atom. The lowest BCUT2D eigenvalue weighted by Crippen LogP contribution is -2.38. The second-order valence-electron chi connectivity index (χ2n) is 4.41. The van der Waals surface area contributed by atoms with E-state index in [-0.39, 0.29) is 6.61 Å². The number of thioether (sulfide) groups is 1. The molecule has 1 aliphatic heterocycles. The number of aliphatic hydroxyl groups excluding tert-OH is 1. The van der Waals surface area contributed by atoms with Gasteiger partial charge in [0.1, 0.15) is 12.4 Å². The summed E-state index contributed by atoms with van der Waals surface area (Å²) in [5.41, 5.74) is 1.24. The van der Waals surface area contributed by atoms with Crippen molar-refractivity contribution in [2.24, 2.45) is 0 Å². The van der Waals surface area contributed by atoms with Crippen molar-refractivity contribution in [1.29, 1.82) is 0 Å². The van der Waals surface area contributed by atoms with Gasteiger partial charge in [0.25, 0.3) is 0 Å². The Kier molecular flexibility index (Phi) is 5.35. The van der Waals surface area contributed by atoms with E-state index in [2.05, 4.69) is 24.4 Å². The van der Waals surface area contributed by atoms with Crippen LogP contribution in [0, 0.1) is 0 Å². The molecule has 2 unspecified atom stereocenters. The molecule has 4 heteroatoms. The van der Waals surface area contributed by atoms with Crippen LogP contribution in [0.2, 0.25) is 0 Å². The third-order valence-corrected chi connectivity index (χ3v) is 4.32. The molecule has 0 saturated carbocycles. The van der Waals surface area contributed by atoms with Crippen molar-refractivity contribution in [3.8, 4) is 5.75 Å². The van der Waals surface area contributed by atoms with E-state index in [1.54, 1.807) is 11.8 Å². The van der Waals surface area contributed by atoms with Gasteiger partial charge in [0.05, 0.1) is 17.9 Å². The summed E-state index contributed by atoms with van der Waals surface area (Å²) in [7, 11) is 0. The fourth-order valence-corrected chi connectivity index (χ4v) is 3.23. The molecule has 0 spiro atoms. The highest BCUT2D eigenvalue weighted by Gasteiger charge is 2.30. The molecule has 0 amide bonds. The first-order chi connectivity index (χ1) is 8.86. The van der Waals surface area contributed by atoms with Gasteiger partial charge in [0.2, 0.25) is 0 Å². The minimum Gasteiger partial charge on any atom is -0.492 e. The monoisotopic (exact) mass is 267 g/mol. The molecular weight excluding hydrogens is 246 g/mol. The third kappa shape index (κ3) is 3.19. The smallest absolute Gasteiger partial charge is 0.124 e. The molecular formula is C14H21NO2S. The SMILES string of the molecule is CCCNC1c2ccccc2OCC1SCCO. The molecule has 0 radical (unpaired) electrons. The van der Waals surface area contributed by atoms with Gasteiger partial charge in [-0.15, -0.1) is 0 Å². The first kappa shape index (κ1) is 13.7. The average Bonchev–Trinajstić information content (AvgIpc) is 2.43. The van der Waals surface area contributed by atoms with E-state index in [4.69, 9.17) is 9.84 Å². The molecule has 1 aromatic rings. The van der Waals surface area contributed by atoms with Crippen LogP contribution in [0.4, 0.5) is 0 Å². The van der Waals surface area contributed by atoms with Crippen LogP contribution in [0.15, 0.2) is 24.3 Å². The van der Waals surface area contributed by atoms with Crippen LogP contribution < -0.4 is 10.1 Å². The molecule has 2 N–H and O–H groups in total. The Morgan fingerprint density at radius 1 is 1.44 bits per heavy atom. The zero-order chi connectivity index (χ0) is 12.8. The van der Waals surface area contributed by atoms with Crippen molar-refractivity contribution < 1.29 is 9.84 Å². The second kappa shape index (κ2) is 7.02. The number of nitrogens with one attached hydrogen (secondary N) is 1. The molecule has 100 valence electrons. The number of hydrogen-bond acceptors (Lipinski definition) is 4. The second-order valence-corrected chi connectivity index (χ2v) is 5.76.